The predicted octanol–water partition coefficient (Wildman–Crippen LogP) is 5.02. The summed E-state index contributed by atoms with van der Waals surface area (Å²) in [5.74, 6) is 1.67. The fourth-order valence-corrected chi connectivity index (χ4v) is 3.62. The molecule has 0 heterocycles. The summed E-state index contributed by atoms with van der Waals surface area (Å²) in [6.07, 6.45) is 3.96. The molecule has 1 N–H and O–H groups in total. The minimum absolute atomic E-state index is 0.644. The number of hydrogen-bond donors (Lipinski definition) is 1. The molecule has 18 heavy (non-hydrogen) atoms. The fourth-order valence-electron chi connectivity index (χ4n) is 3.03. The van der Waals surface area contributed by atoms with Crippen molar-refractivity contribution in [1.29, 1.82) is 0 Å². The van der Waals surface area contributed by atoms with Gasteiger partial charge in [0.1, 0.15) is 0 Å². The van der Waals surface area contributed by atoms with Gasteiger partial charge in [-0.15, -0.1) is 0 Å². The Morgan fingerprint density at radius 3 is 2.83 bits per heavy atom. The van der Waals surface area contributed by atoms with Gasteiger partial charge < -0.3 is 5.32 Å². The Balaban J connectivity index is 1.94. The Morgan fingerprint density at radius 2 is 2.17 bits per heavy atom. The molecular weight excluding hydrogens is 310 g/mol. The van der Waals surface area contributed by atoms with E-state index in [0.29, 0.717) is 6.04 Å². The van der Waals surface area contributed by atoms with E-state index in [1.54, 1.807) is 0 Å². The van der Waals surface area contributed by atoms with E-state index >= 15 is 0 Å². The molecule has 0 radical (unpaired) electrons. The van der Waals surface area contributed by atoms with Crippen molar-refractivity contribution < 1.29 is 0 Å². The Hall–Kier alpha value is -0.0500. The van der Waals surface area contributed by atoms with Crippen LogP contribution in [0.25, 0.3) is 0 Å². The van der Waals surface area contributed by atoms with Crippen molar-refractivity contribution in [2.45, 2.75) is 45.7 Å². The van der Waals surface area contributed by atoms with Gasteiger partial charge in [0.2, 0.25) is 0 Å². The topological polar surface area (TPSA) is 12.0 Å². The normalized spacial score (nSPS) is 27.7. The number of benzene rings is 1. The van der Waals surface area contributed by atoms with Gasteiger partial charge in [-0.2, -0.15) is 0 Å². The Labute approximate surface area is 123 Å². The summed E-state index contributed by atoms with van der Waals surface area (Å²) in [6.45, 7) is 5.54. The molecule has 1 aliphatic carbocycles. The van der Waals surface area contributed by atoms with Crippen LogP contribution in [0.4, 0.5) is 0 Å². The highest BCUT2D eigenvalue weighted by molar-refractivity contribution is 9.10. The van der Waals surface area contributed by atoms with Crippen molar-refractivity contribution >= 4 is 27.5 Å². The molecule has 2 rings (SSSR count). The lowest BCUT2D eigenvalue weighted by Crippen LogP contribution is -2.32. The molecule has 1 aromatic rings. The highest BCUT2D eigenvalue weighted by Crippen LogP contribution is 2.34. The van der Waals surface area contributed by atoms with Gasteiger partial charge in [0, 0.05) is 22.1 Å². The van der Waals surface area contributed by atoms with Gasteiger partial charge in [-0.1, -0.05) is 47.8 Å². The first kappa shape index (κ1) is 14.4. The first-order valence-electron chi connectivity index (χ1n) is 6.79. The van der Waals surface area contributed by atoms with Gasteiger partial charge in [-0.25, -0.2) is 0 Å². The van der Waals surface area contributed by atoms with Crippen LogP contribution < -0.4 is 5.32 Å². The summed E-state index contributed by atoms with van der Waals surface area (Å²) >= 11 is 9.71. The molecule has 1 aromatic carbocycles. The van der Waals surface area contributed by atoms with Crippen LogP contribution in [0.2, 0.25) is 5.02 Å². The molecule has 3 atom stereocenters. The highest BCUT2D eigenvalue weighted by atomic mass is 79.9. The van der Waals surface area contributed by atoms with Crippen molar-refractivity contribution in [2.75, 3.05) is 0 Å². The first-order chi connectivity index (χ1) is 8.61. The van der Waals surface area contributed by atoms with Gasteiger partial charge in [0.05, 0.1) is 0 Å². The molecule has 1 saturated carbocycles. The molecule has 100 valence electrons. The molecule has 1 nitrogen and oxygen atoms in total. The number of nitrogens with one attached hydrogen (secondary N) is 1. The Morgan fingerprint density at radius 1 is 1.39 bits per heavy atom. The number of halogens is 2. The third kappa shape index (κ3) is 3.28. The van der Waals surface area contributed by atoms with Crippen LogP contribution in [0.15, 0.2) is 22.7 Å². The molecule has 0 aliphatic heterocycles. The first-order valence-corrected chi connectivity index (χ1v) is 7.96. The third-order valence-electron chi connectivity index (χ3n) is 4.31. The molecule has 3 heteroatoms. The average Bonchev–Trinajstić information content (AvgIpc) is 2.71. The van der Waals surface area contributed by atoms with E-state index in [1.807, 2.05) is 12.1 Å². The third-order valence-corrected chi connectivity index (χ3v) is 5.18. The standard InChI is InChI=1S/C15H21BrClN/c1-3-11-4-7-15(10(11)2)18-9-12-8-13(16)5-6-14(12)17/h5-6,8,10-11,15,18H,3-4,7,9H2,1-2H3. The van der Waals surface area contributed by atoms with Gasteiger partial charge in [0.15, 0.2) is 0 Å². The van der Waals surface area contributed by atoms with Crippen LogP contribution >= 0.6 is 27.5 Å². The number of rotatable bonds is 4. The predicted molar refractivity (Wildman–Crippen MR) is 82.0 cm³/mol. The lowest BCUT2D eigenvalue weighted by atomic mass is 9.93. The maximum atomic E-state index is 6.21. The van der Waals surface area contributed by atoms with Crippen LogP contribution in [0.5, 0.6) is 0 Å². The quantitative estimate of drug-likeness (QED) is 0.817. The molecular formula is C15H21BrClN. The second-order valence-corrected chi connectivity index (χ2v) is 6.65. The van der Waals surface area contributed by atoms with E-state index in [9.17, 15) is 0 Å². The van der Waals surface area contributed by atoms with Crippen LogP contribution in [0.1, 0.15) is 38.7 Å². The molecule has 0 saturated heterocycles. The molecule has 0 bridgehead atoms. The molecule has 0 spiro atoms. The average molecular weight is 331 g/mol. The molecule has 1 aliphatic rings. The zero-order valence-corrected chi connectivity index (χ0v) is 13.4. The lowest BCUT2D eigenvalue weighted by molar-refractivity contribution is 0.344. The monoisotopic (exact) mass is 329 g/mol. The van der Waals surface area contributed by atoms with E-state index in [0.717, 1.165) is 27.9 Å². The van der Waals surface area contributed by atoms with Crippen molar-refractivity contribution in [3.63, 3.8) is 0 Å². The smallest absolute Gasteiger partial charge is 0.0451 e. The van der Waals surface area contributed by atoms with Gasteiger partial charge in [0.25, 0.3) is 0 Å². The zero-order valence-electron chi connectivity index (χ0n) is 11.0. The number of hydrogen-bond acceptors (Lipinski definition) is 1. The van der Waals surface area contributed by atoms with Crippen LogP contribution in [0.3, 0.4) is 0 Å². The molecule has 0 amide bonds. The maximum Gasteiger partial charge on any atom is 0.0451 e. The van der Waals surface area contributed by atoms with E-state index in [-0.39, 0.29) is 0 Å². The van der Waals surface area contributed by atoms with Gasteiger partial charge in [-0.05, 0) is 48.4 Å². The van der Waals surface area contributed by atoms with Gasteiger partial charge in [-0.3, -0.25) is 0 Å². The lowest BCUT2D eigenvalue weighted by Gasteiger charge is -2.21. The van der Waals surface area contributed by atoms with Crippen molar-refractivity contribution in [3.8, 4) is 0 Å². The SMILES string of the molecule is CCC1CCC(NCc2cc(Br)ccc2Cl)C1C. The van der Waals surface area contributed by atoms with E-state index in [1.165, 1.54) is 24.8 Å². The van der Waals surface area contributed by atoms with Crippen LogP contribution in [-0.4, -0.2) is 6.04 Å². The summed E-state index contributed by atoms with van der Waals surface area (Å²) in [7, 11) is 0. The molecule has 1 fully saturated rings. The van der Waals surface area contributed by atoms with Crippen LogP contribution in [-0.2, 0) is 6.54 Å². The van der Waals surface area contributed by atoms with Crippen LogP contribution in [0, 0.1) is 11.8 Å². The minimum atomic E-state index is 0.644. The minimum Gasteiger partial charge on any atom is -0.310 e. The largest absolute Gasteiger partial charge is 0.310 e. The summed E-state index contributed by atoms with van der Waals surface area (Å²) in [5.41, 5.74) is 1.18. The van der Waals surface area contributed by atoms with Crippen molar-refractivity contribution in [2.24, 2.45) is 11.8 Å². The summed E-state index contributed by atoms with van der Waals surface area (Å²) in [4.78, 5) is 0. The second kappa shape index (κ2) is 6.40. The molecule has 3 unspecified atom stereocenters. The van der Waals surface area contributed by atoms with Crippen molar-refractivity contribution in [3.05, 3.63) is 33.3 Å². The summed E-state index contributed by atoms with van der Waals surface area (Å²) < 4.78 is 1.09. The van der Waals surface area contributed by atoms with E-state index < -0.39 is 0 Å². The van der Waals surface area contributed by atoms with Gasteiger partial charge >= 0.3 is 0 Å². The maximum absolute atomic E-state index is 6.21. The summed E-state index contributed by atoms with van der Waals surface area (Å²) in [6, 6.07) is 6.68. The highest BCUT2D eigenvalue weighted by Gasteiger charge is 2.30. The zero-order chi connectivity index (χ0) is 13.1. The second-order valence-electron chi connectivity index (χ2n) is 5.33. The summed E-state index contributed by atoms with van der Waals surface area (Å²) in [5, 5.41) is 4.53. The van der Waals surface area contributed by atoms with E-state index in [2.05, 4.69) is 41.2 Å². The Bertz CT molecular complexity index is 407. The van der Waals surface area contributed by atoms with Crippen molar-refractivity contribution in [1.82, 2.24) is 5.32 Å². The van der Waals surface area contributed by atoms with E-state index in [4.69, 9.17) is 11.6 Å². The fraction of sp³-hybridized carbons (Fsp3) is 0.600. The Kier molecular flexibility index (Phi) is 5.11. The molecule has 0 aromatic heterocycles.